The summed E-state index contributed by atoms with van der Waals surface area (Å²) in [7, 11) is 3.11. The fraction of sp³-hybridized carbons (Fsp3) is 0.316. The number of ether oxygens (including phenoxy) is 2. The van der Waals surface area contributed by atoms with Crippen LogP contribution >= 0.6 is 0 Å². The lowest BCUT2D eigenvalue weighted by molar-refractivity contribution is 0.0686. The molecule has 0 unspecified atom stereocenters. The van der Waals surface area contributed by atoms with Crippen LogP contribution in [-0.2, 0) is 6.54 Å². The van der Waals surface area contributed by atoms with Crippen molar-refractivity contribution in [1.29, 1.82) is 0 Å². The highest BCUT2D eigenvalue weighted by Crippen LogP contribution is 2.32. The number of hydrogen-bond donors (Lipinski definition) is 0. The topological polar surface area (TPSA) is 38.8 Å². The van der Waals surface area contributed by atoms with E-state index >= 15 is 0 Å². The van der Waals surface area contributed by atoms with E-state index in [1.807, 2.05) is 49.1 Å². The minimum absolute atomic E-state index is 0.0682. The molecule has 0 saturated carbocycles. The van der Waals surface area contributed by atoms with Crippen LogP contribution < -0.4 is 9.47 Å². The first kappa shape index (κ1) is 16.9. The predicted octanol–water partition coefficient (Wildman–Crippen LogP) is 3.75. The van der Waals surface area contributed by atoms with Crippen LogP contribution in [-0.4, -0.2) is 31.1 Å². The van der Waals surface area contributed by atoms with E-state index in [1.165, 1.54) is 0 Å². The molecule has 4 heteroatoms. The van der Waals surface area contributed by atoms with Crippen molar-refractivity contribution < 1.29 is 14.3 Å². The summed E-state index contributed by atoms with van der Waals surface area (Å²) < 4.78 is 10.7. The fourth-order valence-corrected chi connectivity index (χ4v) is 2.48. The molecule has 0 bridgehead atoms. The standard InChI is InChI=1S/C19H23NO3/c1-14(2)20(13-15-9-6-5-7-10-15)19(21)16-11-8-12-17(22-3)18(16)23-4/h5-12,14H,13H2,1-4H3. The lowest BCUT2D eigenvalue weighted by atomic mass is 10.1. The minimum atomic E-state index is -0.0698. The molecule has 2 aromatic carbocycles. The third kappa shape index (κ3) is 3.83. The van der Waals surface area contributed by atoms with Crippen molar-refractivity contribution in [3.63, 3.8) is 0 Å². The summed E-state index contributed by atoms with van der Waals surface area (Å²) in [4.78, 5) is 14.9. The van der Waals surface area contributed by atoms with Crippen LogP contribution in [0.4, 0.5) is 0 Å². The molecule has 2 aromatic rings. The molecule has 4 nitrogen and oxygen atoms in total. The van der Waals surface area contributed by atoms with Crippen molar-refractivity contribution in [2.24, 2.45) is 0 Å². The van der Waals surface area contributed by atoms with Gasteiger partial charge in [-0.1, -0.05) is 36.4 Å². The van der Waals surface area contributed by atoms with E-state index in [0.29, 0.717) is 23.6 Å². The van der Waals surface area contributed by atoms with Crippen molar-refractivity contribution >= 4 is 5.91 Å². The maximum Gasteiger partial charge on any atom is 0.258 e. The summed E-state index contributed by atoms with van der Waals surface area (Å²) in [6, 6.07) is 15.4. The molecule has 0 spiro atoms. The van der Waals surface area contributed by atoms with Crippen LogP contribution in [0, 0.1) is 0 Å². The highest BCUT2D eigenvalue weighted by molar-refractivity contribution is 5.98. The monoisotopic (exact) mass is 313 g/mol. The first-order chi connectivity index (χ1) is 11.1. The van der Waals surface area contributed by atoms with E-state index in [0.717, 1.165) is 5.56 Å². The molecule has 0 N–H and O–H groups in total. The van der Waals surface area contributed by atoms with E-state index in [2.05, 4.69) is 0 Å². The number of carbonyl (C=O) groups excluding carboxylic acids is 1. The molecule has 23 heavy (non-hydrogen) atoms. The van der Waals surface area contributed by atoms with E-state index in [1.54, 1.807) is 32.4 Å². The molecule has 0 aliphatic carbocycles. The number of rotatable bonds is 6. The van der Waals surface area contributed by atoms with Crippen LogP contribution in [0.5, 0.6) is 11.5 Å². The SMILES string of the molecule is COc1cccc(C(=O)N(Cc2ccccc2)C(C)C)c1OC. The molecule has 0 aliphatic heterocycles. The average Bonchev–Trinajstić information content (AvgIpc) is 2.58. The van der Waals surface area contributed by atoms with Crippen LogP contribution in [0.25, 0.3) is 0 Å². The van der Waals surface area contributed by atoms with Crippen molar-refractivity contribution in [3.8, 4) is 11.5 Å². The summed E-state index contributed by atoms with van der Waals surface area (Å²) in [6.07, 6.45) is 0. The Morgan fingerprint density at radius 1 is 1.00 bits per heavy atom. The molecule has 0 aliphatic rings. The van der Waals surface area contributed by atoms with E-state index in [4.69, 9.17) is 9.47 Å². The van der Waals surface area contributed by atoms with Crippen LogP contribution in [0.15, 0.2) is 48.5 Å². The molecule has 0 heterocycles. The number of amides is 1. The number of carbonyl (C=O) groups is 1. The quantitative estimate of drug-likeness (QED) is 0.815. The van der Waals surface area contributed by atoms with Crippen LogP contribution in [0.2, 0.25) is 0 Å². The smallest absolute Gasteiger partial charge is 0.258 e. The Bertz CT molecular complexity index is 653. The van der Waals surface area contributed by atoms with E-state index < -0.39 is 0 Å². The van der Waals surface area contributed by atoms with E-state index in [9.17, 15) is 4.79 Å². The van der Waals surface area contributed by atoms with Crippen molar-refractivity contribution in [1.82, 2.24) is 4.90 Å². The fourth-order valence-electron chi connectivity index (χ4n) is 2.48. The van der Waals surface area contributed by atoms with Gasteiger partial charge in [0.25, 0.3) is 5.91 Å². The summed E-state index contributed by atoms with van der Waals surface area (Å²) in [5.74, 6) is 0.958. The van der Waals surface area contributed by atoms with E-state index in [-0.39, 0.29) is 11.9 Å². The number of nitrogens with zero attached hydrogens (tertiary/aromatic N) is 1. The minimum Gasteiger partial charge on any atom is -0.493 e. The molecule has 0 radical (unpaired) electrons. The Balaban J connectivity index is 2.35. The second kappa shape index (κ2) is 7.68. The van der Waals surface area contributed by atoms with Gasteiger partial charge >= 0.3 is 0 Å². The van der Waals surface area contributed by atoms with Gasteiger partial charge in [0.1, 0.15) is 0 Å². The molecular formula is C19H23NO3. The summed E-state index contributed by atoms with van der Waals surface area (Å²) in [5, 5.41) is 0. The Kier molecular flexibility index (Phi) is 5.63. The second-order valence-corrected chi connectivity index (χ2v) is 5.55. The summed E-state index contributed by atoms with van der Waals surface area (Å²) >= 11 is 0. The molecule has 0 fully saturated rings. The Morgan fingerprint density at radius 2 is 1.70 bits per heavy atom. The van der Waals surface area contributed by atoms with Gasteiger partial charge in [-0.2, -0.15) is 0 Å². The third-order valence-corrected chi connectivity index (χ3v) is 3.71. The van der Waals surface area contributed by atoms with Gasteiger partial charge in [-0.05, 0) is 31.5 Å². The Labute approximate surface area is 137 Å². The number of hydrogen-bond acceptors (Lipinski definition) is 3. The van der Waals surface area contributed by atoms with Gasteiger partial charge in [-0.3, -0.25) is 4.79 Å². The lowest BCUT2D eigenvalue weighted by Crippen LogP contribution is -2.36. The van der Waals surface area contributed by atoms with Gasteiger partial charge in [0, 0.05) is 12.6 Å². The zero-order chi connectivity index (χ0) is 16.8. The van der Waals surface area contributed by atoms with Crippen molar-refractivity contribution in [3.05, 3.63) is 59.7 Å². The number of benzene rings is 2. The molecule has 1 amide bonds. The van der Waals surface area contributed by atoms with Crippen LogP contribution in [0.1, 0.15) is 29.8 Å². The second-order valence-electron chi connectivity index (χ2n) is 5.55. The molecule has 2 rings (SSSR count). The molecule has 0 aromatic heterocycles. The lowest BCUT2D eigenvalue weighted by Gasteiger charge is -2.28. The van der Waals surface area contributed by atoms with Gasteiger partial charge in [0.15, 0.2) is 11.5 Å². The first-order valence-electron chi connectivity index (χ1n) is 7.64. The zero-order valence-corrected chi connectivity index (χ0v) is 14.1. The summed E-state index contributed by atoms with van der Waals surface area (Å²) in [6.45, 7) is 4.57. The average molecular weight is 313 g/mol. The van der Waals surface area contributed by atoms with Crippen molar-refractivity contribution in [2.75, 3.05) is 14.2 Å². The molecule has 0 saturated heterocycles. The summed E-state index contributed by atoms with van der Waals surface area (Å²) in [5.41, 5.74) is 1.60. The van der Waals surface area contributed by atoms with Gasteiger partial charge in [-0.15, -0.1) is 0 Å². The molecule has 122 valence electrons. The van der Waals surface area contributed by atoms with Crippen molar-refractivity contribution in [2.45, 2.75) is 26.4 Å². The van der Waals surface area contributed by atoms with Gasteiger partial charge in [0.05, 0.1) is 19.8 Å². The maximum absolute atomic E-state index is 13.0. The number of para-hydroxylation sites is 1. The van der Waals surface area contributed by atoms with Gasteiger partial charge in [0.2, 0.25) is 0 Å². The third-order valence-electron chi connectivity index (χ3n) is 3.71. The number of methoxy groups -OCH3 is 2. The Morgan fingerprint density at radius 3 is 2.26 bits per heavy atom. The first-order valence-corrected chi connectivity index (χ1v) is 7.64. The maximum atomic E-state index is 13.0. The zero-order valence-electron chi connectivity index (χ0n) is 14.1. The van der Waals surface area contributed by atoms with Gasteiger partial charge in [-0.25, -0.2) is 0 Å². The van der Waals surface area contributed by atoms with Crippen LogP contribution in [0.3, 0.4) is 0 Å². The largest absolute Gasteiger partial charge is 0.493 e. The highest BCUT2D eigenvalue weighted by atomic mass is 16.5. The highest BCUT2D eigenvalue weighted by Gasteiger charge is 2.24. The normalized spacial score (nSPS) is 10.5. The molecule has 0 atom stereocenters. The van der Waals surface area contributed by atoms with Gasteiger partial charge < -0.3 is 14.4 Å². The predicted molar refractivity (Wildman–Crippen MR) is 91.0 cm³/mol. The molecular weight excluding hydrogens is 290 g/mol. The Hall–Kier alpha value is -2.49.